The Labute approximate surface area is 136 Å². The van der Waals surface area contributed by atoms with Crippen LogP contribution in [0.1, 0.15) is 31.2 Å². The van der Waals surface area contributed by atoms with E-state index < -0.39 is 24.6 Å². The fourth-order valence-electron chi connectivity index (χ4n) is 2.12. The lowest BCUT2D eigenvalue weighted by Gasteiger charge is -2.19. The summed E-state index contributed by atoms with van der Waals surface area (Å²) in [7, 11) is 1.32. The van der Waals surface area contributed by atoms with Crippen molar-refractivity contribution in [3.63, 3.8) is 0 Å². The minimum Gasteiger partial charge on any atom is -0.469 e. The van der Waals surface area contributed by atoms with Crippen molar-refractivity contribution < 1.29 is 29.3 Å². The van der Waals surface area contributed by atoms with Gasteiger partial charge in [-0.2, -0.15) is 0 Å². The highest BCUT2D eigenvalue weighted by atomic mass is 16.5. The minimum absolute atomic E-state index is 0.102. The molecular weight excluding hydrogens is 300 g/mol. The average Bonchev–Trinajstić information content (AvgIpc) is 2.58. The summed E-state index contributed by atoms with van der Waals surface area (Å²) in [6.45, 7) is -0.378. The Morgan fingerprint density at radius 1 is 1.17 bits per heavy atom. The van der Waals surface area contributed by atoms with Gasteiger partial charge in [-0.15, -0.1) is 0 Å². The number of carbonyl (C=O) groups is 2. The Balaban J connectivity index is 2.35. The Morgan fingerprint density at radius 2 is 1.87 bits per heavy atom. The van der Waals surface area contributed by atoms with Crippen molar-refractivity contribution >= 4 is 11.9 Å². The number of benzene rings is 1. The van der Waals surface area contributed by atoms with Crippen molar-refractivity contribution in [1.82, 2.24) is 0 Å². The first-order chi connectivity index (χ1) is 11.1. The van der Waals surface area contributed by atoms with E-state index in [0.717, 1.165) is 5.56 Å². The zero-order valence-corrected chi connectivity index (χ0v) is 13.3. The van der Waals surface area contributed by atoms with Gasteiger partial charge in [0.1, 0.15) is 12.5 Å². The van der Waals surface area contributed by atoms with E-state index in [4.69, 9.17) is 4.74 Å². The van der Waals surface area contributed by atoms with Crippen molar-refractivity contribution in [2.24, 2.45) is 5.92 Å². The van der Waals surface area contributed by atoms with Crippen molar-refractivity contribution in [3.05, 3.63) is 35.9 Å². The number of ether oxygens (including phenoxy) is 2. The number of methoxy groups -OCH3 is 1. The van der Waals surface area contributed by atoms with Crippen molar-refractivity contribution in [2.45, 2.75) is 38.4 Å². The predicted octanol–water partition coefficient (Wildman–Crippen LogP) is 1.43. The molecule has 1 rings (SSSR count). The van der Waals surface area contributed by atoms with Crippen LogP contribution >= 0.6 is 0 Å². The van der Waals surface area contributed by atoms with E-state index in [1.54, 1.807) is 0 Å². The summed E-state index contributed by atoms with van der Waals surface area (Å²) in [6.07, 6.45) is 0.689. The van der Waals surface area contributed by atoms with Gasteiger partial charge in [0.05, 0.1) is 19.8 Å². The molecule has 0 amide bonds. The summed E-state index contributed by atoms with van der Waals surface area (Å²) >= 11 is 0. The van der Waals surface area contributed by atoms with Gasteiger partial charge >= 0.3 is 11.9 Å². The fourth-order valence-corrected chi connectivity index (χ4v) is 2.12. The van der Waals surface area contributed by atoms with Crippen LogP contribution in [0, 0.1) is 5.92 Å². The van der Waals surface area contributed by atoms with Gasteiger partial charge in [0.15, 0.2) is 0 Å². The third kappa shape index (κ3) is 7.25. The molecular formula is C17H24O6. The topological polar surface area (TPSA) is 93.1 Å². The van der Waals surface area contributed by atoms with Gasteiger partial charge in [-0.05, 0) is 18.4 Å². The van der Waals surface area contributed by atoms with Crippen LogP contribution in [0.4, 0.5) is 0 Å². The zero-order valence-electron chi connectivity index (χ0n) is 13.3. The lowest BCUT2D eigenvalue weighted by molar-refractivity contribution is -0.156. The van der Waals surface area contributed by atoms with Gasteiger partial charge in [-0.3, -0.25) is 9.59 Å². The van der Waals surface area contributed by atoms with E-state index >= 15 is 0 Å². The number of esters is 2. The van der Waals surface area contributed by atoms with Crippen LogP contribution in [0.15, 0.2) is 30.3 Å². The number of carbonyl (C=O) groups excluding carboxylic acids is 2. The second-order valence-electron chi connectivity index (χ2n) is 5.27. The molecule has 0 bridgehead atoms. The number of hydrogen-bond acceptors (Lipinski definition) is 6. The first kappa shape index (κ1) is 19.1. The molecule has 0 radical (unpaired) electrons. The number of aliphatic hydroxyl groups excluding tert-OH is 2. The molecule has 0 aliphatic carbocycles. The van der Waals surface area contributed by atoms with Crippen LogP contribution in [0.25, 0.3) is 0 Å². The third-order valence-electron chi connectivity index (χ3n) is 3.55. The summed E-state index contributed by atoms with van der Waals surface area (Å²) in [5.41, 5.74) is 0.838. The molecule has 0 aliphatic rings. The third-order valence-corrected chi connectivity index (χ3v) is 3.55. The normalized spacial score (nSPS) is 13.2. The maximum absolute atomic E-state index is 12.0. The Bertz CT molecular complexity index is 473. The first-order valence-electron chi connectivity index (χ1n) is 7.64. The van der Waals surface area contributed by atoms with Crippen LogP contribution in [0.5, 0.6) is 0 Å². The molecule has 6 nitrogen and oxygen atoms in total. The summed E-state index contributed by atoms with van der Waals surface area (Å²) in [6, 6.07) is 9.18. The maximum Gasteiger partial charge on any atom is 0.314 e. The smallest absolute Gasteiger partial charge is 0.314 e. The quantitative estimate of drug-likeness (QED) is 0.499. The van der Waals surface area contributed by atoms with Gasteiger partial charge in [0.25, 0.3) is 0 Å². The van der Waals surface area contributed by atoms with Gasteiger partial charge in [0.2, 0.25) is 0 Å². The highest BCUT2D eigenvalue weighted by Gasteiger charge is 2.27. The fraction of sp³-hybridized carbons (Fsp3) is 0.529. The molecule has 2 atom stereocenters. The summed E-state index contributed by atoms with van der Waals surface area (Å²) < 4.78 is 9.65. The largest absolute Gasteiger partial charge is 0.469 e. The molecule has 23 heavy (non-hydrogen) atoms. The molecule has 0 saturated carbocycles. The minimum atomic E-state index is -0.999. The molecule has 0 aliphatic heterocycles. The number of hydrogen-bond donors (Lipinski definition) is 2. The highest BCUT2D eigenvalue weighted by molar-refractivity contribution is 5.73. The number of unbranched alkanes of at least 4 members (excludes halogenated alkanes) is 1. The zero-order chi connectivity index (χ0) is 17.1. The molecule has 0 saturated heterocycles. The molecule has 1 aromatic rings. The lowest BCUT2D eigenvalue weighted by Crippen LogP contribution is -2.32. The van der Waals surface area contributed by atoms with Gasteiger partial charge in [-0.25, -0.2) is 0 Å². The van der Waals surface area contributed by atoms with Crippen molar-refractivity contribution in [3.8, 4) is 0 Å². The molecule has 0 aromatic heterocycles. The van der Waals surface area contributed by atoms with E-state index in [1.165, 1.54) is 7.11 Å². The van der Waals surface area contributed by atoms with Crippen molar-refractivity contribution in [2.75, 3.05) is 13.7 Å². The van der Waals surface area contributed by atoms with Crippen LogP contribution in [0.3, 0.4) is 0 Å². The van der Waals surface area contributed by atoms with Crippen LogP contribution in [0.2, 0.25) is 0 Å². The predicted molar refractivity (Wildman–Crippen MR) is 83.3 cm³/mol. The van der Waals surface area contributed by atoms with Gasteiger partial charge in [-0.1, -0.05) is 36.8 Å². The van der Waals surface area contributed by atoms with Gasteiger partial charge < -0.3 is 19.7 Å². The Kier molecular flexibility index (Phi) is 8.94. The first-order valence-corrected chi connectivity index (χ1v) is 7.64. The lowest BCUT2D eigenvalue weighted by atomic mass is 9.98. The van der Waals surface area contributed by atoms with Crippen molar-refractivity contribution in [1.29, 1.82) is 0 Å². The highest BCUT2D eigenvalue weighted by Crippen LogP contribution is 2.15. The molecule has 6 heteroatoms. The van der Waals surface area contributed by atoms with E-state index in [1.807, 2.05) is 30.3 Å². The summed E-state index contributed by atoms with van der Waals surface area (Å²) in [4.78, 5) is 22.9. The summed E-state index contributed by atoms with van der Waals surface area (Å²) in [5, 5.41) is 19.3. The Morgan fingerprint density at radius 3 is 2.48 bits per heavy atom. The molecule has 0 fully saturated rings. The molecule has 128 valence electrons. The maximum atomic E-state index is 12.0. The monoisotopic (exact) mass is 324 g/mol. The molecule has 2 N–H and O–H groups in total. The summed E-state index contributed by atoms with van der Waals surface area (Å²) in [5.74, 6) is -1.91. The molecule has 0 heterocycles. The van der Waals surface area contributed by atoms with Crippen LogP contribution < -0.4 is 0 Å². The van der Waals surface area contributed by atoms with Gasteiger partial charge in [0, 0.05) is 6.42 Å². The van der Waals surface area contributed by atoms with E-state index in [2.05, 4.69) is 4.74 Å². The van der Waals surface area contributed by atoms with Crippen LogP contribution in [-0.2, 0) is 25.7 Å². The van der Waals surface area contributed by atoms with E-state index in [9.17, 15) is 19.8 Å². The van der Waals surface area contributed by atoms with Crippen LogP contribution in [-0.4, -0.2) is 42.0 Å². The van der Waals surface area contributed by atoms with E-state index in [-0.39, 0.29) is 19.0 Å². The number of aliphatic hydroxyl groups is 2. The Hall–Kier alpha value is -1.92. The number of rotatable bonds is 10. The molecule has 0 spiro atoms. The average molecular weight is 324 g/mol. The second-order valence-corrected chi connectivity index (χ2v) is 5.27. The molecule has 0 unspecified atom stereocenters. The second kappa shape index (κ2) is 10.7. The SMILES string of the molecule is COC(=O)CCCC[C@@H](O)[C@H](CO)C(=O)OCc1ccccc1. The van der Waals surface area contributed by atoms with E-state index in [0.29, 0.717) is 19.3 Å². The standard InChI is InChI=1S/C17H24O6/c1-22-16(20)10-6-5-9-15(19)14(11-18)17(21)23-12-13-7-3-2-4-8-13/h2-4,7-8,14-15,18-19H,5-6,9-12H2,1H3/t14-,15+/m0/s1. The molecule has 1 aromatic carbocycles.